The van der Waals surface area contributed by atoms with Crippen molar-refractivity contribution < 1.29 is 22.7 Å². The van der Waals surface area contributed by atoms with Gasteiger partial charge in [0.2, 0.25) is 5.82 Å². The van der Waals surface area contributed by atoms with E-state index in [2.05, 4.69) is 30.3 Å². The molecule has 4 aromatic rings. The van der Waals surface area contributed by atoms with Crippen LogP contribution in [0.25, 0.3) is 21.5 Å². The average Bonchev–Trinajstić information content (AvgIpc) is 3.49. The van der Waals surface area contributed by atoms with Gasteiger partial charge in [-0.25, -0.2) is 15.0 Å². The maximum atomic E-state index is 13.3. The van der Waals surface area contributed by atoms with Crippen LogP contribution in [-0.4, -0.2) is 68.4 Å². The van der Waals surface area contributed by atoms with Crippen molar-refractivity contribution >= 4 is 28.1 Å². The molecule has 1 saturated heterocycles. The molecule has 0 spiro atoms. The molecule has 4 heterocycles. The number of thiazole rings is 1. The summed E-state index contributed by atoms with van der Waals surface area (Å²) >= 11 is 1.52. The summed E-state index contributed by atoms with van der Waals surface area (Å²) in [4.78, 5) is 27.9. The molecule has 0 radical (unpaired) electrons. The molecule has 1 aliphatic heterocycles. The van der Waals surface area contributed by atoms with Crippen LogP contribution in [0.4, 0.5) is 13.2 Å². The molecule has 1 aromatic carbocycles. The molecule has 0 bridgehead atoms. The second-order valence-electron chi connectivity index (χ2n) is 9.35. The first-order valence-electron chi connectivity index (χ1n) is 12.0. The van der Waals surface area contributed by atoms with Gasteiger partial charge in [0.15, 0.2) is 0 Å². The Hall–Kier alpha value is -3.42. The van der Waals surface area contributed by atoms with Gasteiger partial charge in [-0.05, 0) is 33.0 Å². The van der Waals surface area contributed by atoms with Crippen LogP contribution in [0.1, 0.15) is 39.6 Å². The summed E-state index contributed by atoms with van der Waals surface area (Å²) in [6, 6.07) is 2.91. The summed E-state index contributed by atoms with van der Waals surface area (Å²) in [6.07, 6.45) is 1.03. The van der Waals surface area contributed by atoms with Crippen molar-refractivity contribution in [2.45, 2.75) is 38.7 Å². The van der Waals surface area contributed by atoms with Gasteiger partial charge < -0.3 is 15.0 Å². The highest BCUT2D eigenvalue weighted by molar-refractivity contribution is 7.15. The third kappa shape index (κ3) is 5.54. The predicted octanol–water partition coefficient (Wildman–Crippen LogP) is 4.10. The zero-order chi connectivity index (χ0) is 27.0. The van der Waals surface area contributed by atoms with Crippen LogP contribution in [-0.2, 0) is 17.5 Å². The minimum atomic E-state index is -4.63. The van der Waals surface area contributed by atoms with E-state index in [9.17, 15) is 18.0 Å². The number of fused-ring (bicyclic) bond motifs is 1. The number of nitrogens with one attached hydrogen (secondary N) is 1. The van der Waals surface area contributed by atoms with Gasteiger partial charge in [-0.1, -0.05) is 0 Å². The number of rotatable bonds is 6. The van der Waals surface area contributed by atoms with E-state index in [-0.39, 0.29) is 6.10 Å². The number of alkyl halides is 3. The Morgan fingerprint density at radius 2 is 1.97 bits per heavy atom. The minimum Gasteiger partial charge on any atom is -0.374 e. The van der Waals surface area contributed by atoms with E-state index in [1.807, 2.05) is 18.7 Å². The number of morpholine rings is 1. The van der Waals surface area contributed by atoms with E-state index >= 15 is 0 Å². The number of aromatic nitrogens is 5. The van der Waals surface area contributed by atoms with E-state index in [1.54, 1.807) is 31.5 Å². The highest BCUT2D eigenvalue weighted by atomic mass is 32.1. The first-order chi connectivity index (χ1) is 18.1. The molecule has 13 heteroatoms. The highest BCUT2D eigenvalue weighted by Gasteiger charge is 2.34. The Labute approximate surface area is 220 Å². The third-order valence-corrected chi connectivity index (χ3v) is 7.31. The van der Waals surface area contributed by atoms with Crippen molar-refractivity contribution in [1.29, 1.82) is 0 Å². The van der Waals surface area contributed by atoms with Crippen molar-refractivity contribution in [3.8, 4) is 10.6 Å². The van der Waals surface area contributed by atoms with Crippen molar-refractivity contribution in [2.75, 3.05) is 26.7 Å². The monoisotopic (exact) mass is 545 g/mol. The second kappa shape index (κ2) is 10.4. The SMILES string of the molecule is Cc1cnc(-c2cc(C(=O)N[C@H](C)c3cnc(C(F)(F)F)nc3)cc3c2cnn3CC2CN(C)CCO2)s1. The average molecular weight is 546 g/mol. The normalized spacial score (nSPS) is 17.6. The Morgan fingerprint density at radius 1 is 1.21 bits per heavy atom. The van der Waals surface area contributed by atoms with Gasteiger partial charge in [-0.3, -0.25) is 9.48 Å². The number of hydrogen-bond acceptors (Lipinski definition) is 8. The summed E-state index contributed by atoms with van der Waals surface area (Å²) in [5.74, 6) is -1.62. The predicted molar refractivity (Wildman–Crippen MR) is 136 cm³/mol. The third-order valence-electron chi connectivity index (χ3n) is 6.37. The lowest BCUT2D eigenvalue weighted by Crippen LogP contribution is -2.42. The van der Waals surface area contributed by atoms with E-state index in [4.69, 9.17) is 4.74 Å². The quantitative estimate of drug-likeness (QED) is 0.390. The number of aryl methyl sites for hydroxylation is 1. The lowest BCUT2D eigenvalue weighted by atomic mass is 10.0. The number of hydrogen-bond donors (Lipinski definition) is 1. The molecular formula is C25H26F3N7O2S. The molecule has 1 fully saturated rings. The molecule has 38 heavy (non-hydrogen) atoms. The van der Waals surface area contributed by atoms with Gasteiger partial charge in [0.25, 0.3) is 5.91 Å². The Bertz CT molecular complexity index is 1450. The number of amides is 1. The van der Waals surface area contributed by atoms with Crippen LogP contribution in [0.15, 0.2) is 36.9 Å². The number of halogens is 3. The van der Waals surface area contributed by atoms with Crippen molar-refractivity contribution in [2.24, 2.45) is 0 Å². The summed E-state index contributed by atoms with van der Waals surface area (Å²) in [7, 11) is 2.05. The summed E-state index contributed by atoms with van der Waals surface area (Å²) in [5, 5.41) is 9.07. The molecule has 0 saturated carbocycles. The fourth-order valence-corrected chi connectivity index (χ4v) is 5.15. The van der Waals surface area contributed by atoms with Gasteiger partial charge >= 0.3 is 6.18 Å². The fourth-order valence-electron chi connectivity index (χ4n) is 4.35. The van der Waals surface area contributed by atoms with E-state index < -0.39 is 23.9 Å². The van der Waals surface area contributed by atoms with Crippen LogP contribution >= 0.6 is 11.3 Å². The number of carbonyl (C=O) groups is 1. The second-order valence-corrected chi connectivity index (χ2v) is 10.6. The summed E-state index contributed by atoms with van der Waals surface area (Å²) in [5.41, 5.74) is 2.28. The van der Waals surface area contributed by atoms with Gasteiger partial charge in [0.1, 0.15) is 5.01 Å². The molecule has 9 nitrogen and oxygen atoms in total. The van der Waals surface area contributed by atoms with Crippen molar-refractivity contribution in [3.63, 3.8) is 0 Å². The van der Waals surface area contributed by atoms with Crippen molar-refractivity contribution in [3.05, 3.63) is 58.7 Å². The summed E-state index contributed by atoms with van der Waals surface area (Å²) < 4.78 is 46.2. The molecule has 5 rings (SSSR count). The van der Waals surface area contributed by atoms with Crippen LogP contribution < -0.4 is 5.32 Å². The number of ether oxygens (including phenoxy) is 1. The number of likely N-dealkylation sites (N-methyl/N-ethyl adjacent to an activating group) is 1. The summed E-state index contributed by atoms with van der Waals surface area (Å²) in [6.45, 7) is 6.43. The van der Waals surface area contributed by atoms with Gasteiger partial charge in [-0.2, -0.15) is 18.3 Å². The van der Waals surface area contributed by atoms with Crippen LogP contribution in [0.3, 0.4) is 0 Å². The van der Waals surface area contributed by atoms with Crippen LogP contribution in [0.2, 0.25) is 0 Å². The maximum absolute atomic E-state index is 13.3. The Balaban J connectivity index is 1.46. The minimum absolute atomic E-state index is 0.0421. The van der Waals surface area contributed by atoms with E-state index in [0.29, 0.717) is 24.3 Å². The highest BCUT2D eigenvalue weighted by Crippen LogP contribution is 2.33. The lowest BCUT2D eigenvalue weighted by molar-refractivity contribution is -0.145. The van der Waals surface area contributed by atoms with Gasteiger partial charge in [0, 0.05) is 58.6 Å². The largest absolute Gasteiger partial charge is 0.451 e. The number of nitrogens with zero attached hydrogens (tertiary/aromatic N) is 6. The van der Waals surface area contributed by atoms with E-state index in [0.717, 1.165) is 51.8 Å². The first-order valence-corrected chi connectivity index (χ1v) is 12.8. The molecule has 1 aliphatic rings. The standard InChI is InChI=1S/C25H26F3N7O2S/c1-14-8-29-23(38-14)19-6-16(22(36)33-15(2)17-9-30-24(31-10-17)25(26,27)28)7-21-20(19)11-32-35(21)13-18-12-34(3)4-5-37-18/h6-11,15,18H,4-5,12-13H2,1-3H3,(H,33,36)/t15-,18?/m1/s1. The van der Waals surface area contributed by atoms with Gasteiger partial charge in [0.05, 0.1) is 37.0 Å². The molecule has 200 valence electrons. The number of benzene rings is 1. The van der Waals surface area contributed by atoms with Crippen molar-refractivity contribution in [1.82, 2.24) is 34.9 Å². The Kier molecular flexibility index (Phi) is 7.16. The van der Waals surface area contributed by atoms with Crippen LogP contribution in [0.5, 0.6) is 0 Å². The zero-order valence-electron chi connectivity index (χ0n) is 21.0. The topological polar surface area (TPSA) is 98.1 Å². The molecule has 1 amide bonds. The Morgan fingerprint density at radius 3 is 2.63 bits per heavy atom. The first kappa shape index (κ1) is 26.2. The molecule has 2 atom stereocenters. The molecule has 0 aliphatic carbocycles. The fraction of sp³-hybridized carbons (Fsp3) is 0.400. The lowest BCUT2D eigenvalue weighted by Gasteiger charge is -2.30. The molecule has 1 N–H and O–H groups in total. The molecule has 1 unspecified atom stereocenters. The number of carbonyl (C=O) groups excluding carboxylic acids is 1. The molecular weight excluding hydrogens is 519 g/mol. The maximum Gasteiger partial charge on any atom is 0.451 e. The van der Waals surface area contributed by atoms with Gasteiger partial charge in [-0.15, -0.1) is 11.3 Å². The molecule has 3 aromatic heterocycles. The van der Waals surface area contributed by atoms with Crippen LogP contribution in [0, 0.1) is 6.92 Å². The van der Waals surface area contributed by atoms with E-state index in [1.165, 1.54) is 11.3 Å². The zero-order valence-corrected chi connectivity index (χ0v) is 21.8. The smallest absolute Gasteiger partial charge is 0.374 e.